The fraction of sp³-hybridized carbons (Fsp3) is 0.625. The van der Waals surface area contributed by atoms with Crippen LogP contribution in [-0.2, 0) is 11.3 Å². The molecular weight excluding hydrogens is 280 g/mol. The molecule has 1 aromatic rings. The van der Waals surface area contributed by atoms with E-state index < -0.39 is 5.56 Å². The van der Waals surface area contributed by atoms with E-state index >= 15 is 0 Å². The lowest BCUT2D eigenvalue weighted by atomic mass is 10.1. The molecule has 0 bridgehead atoms. The molecule has 1 aliphatic heterocycles. The fourth-order valence-corrected chi connectivity index (χ4v) is 2.74. The van der Waals surface area contributed by atoms with Crippen molar-refractivity contribution in [3.63, 3.8) is 0 Å². The van der Waals surface area contributed by atoms with Crippen LogP contribution in [0.15, 0.2) is 4.79 Å². The topological polar surface area (TPSA) is 79.0 Å². The third-order valence-electron chi connectivity index (χ3n) is 4.24. The molecule has 118 valence electrons. The maximum Gasteiger partial charge on any atom is 0.285 e. The first kappa shape index (κ1) is 16.2. The highest BCUT2D eigenvalue weighted by atomic mass is 16.2. The summed E-state index contributed by atoms with van der Waals surface area (Å²) in [5.74, 6) is -0.0938. The van der Waals surface area contributed by atoms with E-state index in [2.05, 4.69) is 5.10 Å². The van der Waals surface area contributed by atoms with Crippen molar-refractivity contribution in [2.24, 2.45) is 0 Å². The van der Waals surface area contributed by atoms with Crippen LogP contribution in [0.5, 0.6) is 0 Å². The van der Waals surface area contributed by atoms with Gasteiger partial charge in [0.25, 0.3) is 5.56 Å². The van der Waals surface area contributed by atoms with Gasteiger partial charge >= 0.3 is 0 Å². The molecule has 0 atom stereocenters. The Balaban J connectivity index is 2.19. The summed E-state index contributed by atoms with van der Waals surface area (Å²) in [5.41, 5.74) is 0.790. The van der Waals surface area contributed by atoms with Crippen LogP contribution in [0.25, 0.3) is 0 Å². The van der Waals surface area contributed by atoms with Crippen molar-refractivity contribution in [2.45, 2.75) is 52.5 Å². The minimum Gasteiger partial charge on any atom is -0.341 e. The molecule has 2 heterocycles. The molecular formula is C16H22N4O2. The maximum atomic E-state index is 12.4. The highest BCUT2D eigenvalue weighted by Gasteiger charge is 2.18. The molecule has 1 saturated heterocycles. The smallest absolute Gasteiger partial charge is 0.285 e. The van der Waals surface area contributed by atoms with Gasteiger partial charge in [-0.05, 0) is 32.3 Å². The summed E-state index contributed by atoms with van der Waals surface area (Å²) in [6, 6.07) is 1.92. The third kappa shape index (κ3) is 3.53. The van der Waals surface area contributed by atoms with Crippen molar-refractivity contribution in [1.82, 2.24) is 14.7 Å². The molecule has 0 aromatic carbocycles. The van der Waals surface area contributed by atoms with E-state index in [0.29, 0.717) is 11.3 Å². The molecule has 0 radical (unpaired) electrons. The second kappa shape index (κ2) is 7.21. The van der Waals surface area contributed by atoms with E-state index in [1.165, 1.54) is 6.42 Å². The van der Waals surface area contributed by atoms with E-state index in [1.807, 2.05) is 11.0 Å². The van der Waals surface area contributed by atoms with Crippen molar-refractivity contribution in [1.29, 1.82) is 5.26 Å². The second-order valence-corrected chi connectivity index (χ2v) is 5.81. The minimum atomic E-state index is -0.481. The molecule has 6 heteroatoms. The standard InChI is InChI=1S/C16H22N4O2/c1-12-13(2)18-20(16(22)14(12)10-17)11-15(21)19-8-6-4-3-5-7-9-19/h3-9,11H2,1-2H3. The number of likely N-dealkylation sites (tertiary alicyclic amines) is 1. The predicted octanol–water partition coefficient (Wildman–Crippen LogP) is 1.52. The van der Waals surface area contributed by atoms with E-state index in [0.717, 1.165) is 43.5 Å². The normalized spacial score (nSPS) is 15.8. The number of aryl methyl sites for hydroxylation is 1. The zero-order chi connectivity index (χ0) is 16.1. The van der Waals surface area contributed by atoms with Crippen molar-refractivity contribution < 1.29 is 4.79 Å². The summed E-state index contributed by atoms with van der Waals surface area (Å²) in [6.45, 7) is 4.83. The number of nitriles is 1. The molecule has 0 aliphatic carbocycles. The third-order valence-corrected chi connectivity index (χ3v) is 4.24. The van der Waals surface area contributed by atoms with Gasteiger partial charge in [0.1, 0.15) is 18.2 Å². The monoisotopic (exact) mass is 302 g/mol. The number of carbonyl (C=O) groups is 1. The van der Waals surface area contributed by atoms with Gasteiger partial charge in [0, 0.05) is 13.1 Å². The molecule has 1 aromatic heterocycles. The van der Waals surface area contributed by atoms with Crippen LogP contribution in [0.3, 0.4) is 0 Å². The van der Waals surface area contributed by atoms with Gasteiger partial charge in [0.2, 0.25) is 5.91 Å². The maximum absolute atomic E-state index is 12.4. The summed E-state index contributed by atoms with van der Waals surface area (Å²) in [4.78, 5) is 26.5. The SMILES string of the molecule is Cc1nn(CC(=O)N2CCCCCCC2)c(=O)c(C#N)c1C. The molecule has 22 heavy (non-hydrogen) atoms. The number of amides is 1. The van der Waals surface area contributed by atoms with Crippen molar-refractivity contribution >= 4 is 5.91 Å². The van der Waals surface area contributed by atoms with Crippen molar-refractivity contribution in [3.8, 4) is 6.07 Å². The van der Waals surface area contributed by atoms with Gasteiger partial charge in [0.05, 0.1) is 5.69 Å². The summed E-state index contributed by atoms with van der Waals surface area (Å²) in [6.07, 6.45) is 5.52. The predicted molar refractivity (Wildman–Crippen MR) is 82.4 cm³/mol. The molecule has 2 rings (SSSR count). The van der Waals surface area contributed by atoms with Crippen LogP contribution >= 0.6 is 0 Å². The number of rotatable bonds is 2. The van der Waals surface area contributed by atoms with Crippen molar-refractivity contribution in [2.75, 3.05) is 13.1 Å². The quantitative estimate of drug-likeness (QED) is 0.829. The Hall–Kier alpha value is -2.16. The Morgan fingerprint density at radius 2 is 1.77 bits per heavy atom. The van der Waals surface area contributed by atoms with Crippen LogP contribution in [0.2, 0.25) is 0 Å². The summed E-state index contributed by atoms with van der Waals surface area (Å²) in [7, 11) is 0. The first-order valence-electron chi connectivity index (χ1n) is 7.80. The van der Waals surface area contributed by atoms with Crippen molar-refractivity contribution in [3.05, 3.63) is 27.2 Å². The molecule has 1 amide bonds. The Kier molecular flexibility index (Phi) is 5.31. The van der Waals surface area contributed by atoms with Gasteiger partial charge in [-0.25, -0.2) is 4.68 Å². The second-order valence-electron chi connectivity index (χ2n) is 5.81. The van der Waals surface area contributed by atoms with Crippen LogP contribution < -0.4 is 5.56 Å². The average Bonchev–Trinajstić information content (AvgIpc) is 2.45. The number of hydrogen-bond acceptors (Lipinski definition) is 4. The molecule has 1 fully saturated rings. The zero-order valence-corrected chi connectivity index (χ0v) is 13.3. The van der Waals surface area contributed by atoms with Crippen LogP contribution in [0, 0.1) is 25.2 Å². The van der Waals surface area contributed by atoms with Gasteiger partial charge in [-0.15, -0.1) is 0 Å². The molecule has 6 nitrogen and oxygen atoms in total. The van der Waals surface area contributed by atoms with Gasteiger partial charge in [0.15, 0.2) is 0 Å². The van der Waals surface area contributed by atoms with Crippen LogP contribution in [0.1, 0.15) is 48.9 Å². The van der Waals surface area contributed by atoms with Crippen LogP contribution in [0.4, 0.5) is 0 Å². The van der Waals surface area contributed by atoms with Gasteiger partial charge in [-0.2, -0.15) is 10.4 Å². The lowest BCUT2D eigenvalue weighted by molar-refractivity contribution is -0.132. The fourth-order valence-electron chi connectivity index (χ4n) is 2.74. The van der Waals surface area contributed by atoms with E-state index in [1.54, 1.807) is 13.8 Å². The first-order chi connectivity index (χ1) is 10.5. The Labute approximate surface area is 130 Å². The van der Waals surface area contributed by atoms with E-state index in [4.69, 9.17) is 5.26 Å². The Morgan fingerprint density at radius 1 is 1.18 bits per heavy atom. The highest BCUT2D eigenvalue weighted by Crippen LogP contribution is 2.11. The minimum absolute atomic E-state index is 0.0768. The number of nitrogens with zero attached hydrogens (tertiary/aromatic N) is 4. The average molecular weight is 302 g/mol. The molecule has 0 saturated carbocycles. The number of carbonyl (C=O) groups excluding carboxylic acids is 1. The lowest BCUT2D eigenvalue weighted by Gasteiger charge is -2.25. The highest BCUT2D eigenvalue weighted by molar-refractivity contribution is 5.75. The zero-order valence-electron chi connectivity index (χ0n) is 13.3. The molecule has 0 unspecified atom stereocenters. The number of hydrogen-bond donors (Lipinski definition) is 0. The largest absolute Gasteiger partial charge is 0.341 e. The summed E-state index contributed by atoms with van der Waals surface area (Å²) < 4.78 is 1.13. The van der Waals surface area contributed by atoms with E-state index in [9.17, 15) is 9.59 Å². The van der Waals surface area contributed by atoms with Gasteiger partial charge in [-0.3, -0.25) is 9.59 Å². The number of aromatic nitrogens is 2. The molecule has 0 N–H and O–H groups in total. The van der Waals surface area contributed by atoms with Crippen LogP contribution in [-0.4, -0.2) is 33.7 Å². The molecule has 0 spiro atoms. The van der Waals surface area contributed by atoms with Gasteiger partial charge < -0.3 is 4.90 Å². The van der Waals surface area contributed by atoms with E-state index in [-0.39, 0.29) is 18.0 Å². The first-order valence-corrected chi connectivity index (χ1v) is 7.80. The molecule has 1 aliphatic rings. The summed E-state index contributed by atoms with van der Waals surface area (Å²) in [5, 5.41) is 13.3. The van der Waals surface area contributed by atoms with Gasteiger partial charge in [-0.1, -0.05) is 19.3 Å². The Morgan fingerprint density at radius 3 is 2.36 bits per heavy atom. The Bertz CT molecular complexity index is 649. The summed E-state index contributed by atoms with van der Waals surface area (Å²) >= 11 is 0. The lowest BCUT2D eigenvalue weighted by Crippen LogP contribution is -2.39.